The second-order valence-corrected chi connectivity index (χ2v) is 11.8. The minimum absolute atomic E-state index is 0.0247. The van der Waals surface area contributed by atoms with Crippen LogP contribution < -0.4 is 15.6 Å². The van der Waals surface area contributed by atoms with Crippen LogP contribution in [0.15, 0.2) is 47.4 Å². The molecule has 12 nitrogen and oxygen atoms in total. The molecule has 1 amide bonds. The van der Waals surface area contributed by atoms with E-state index >= 15 is 0 Å². The summed E-state index contributed by atoms with van der Waals surface area (Å²) in [5, 5.41) is 20.9. The van der Waals surface area contributed by atoms with Gasteiger partial charge in [0.15, 0.2) is 0 Å². The van der Waals surface area contributed by atoms with E-state index in [1.165, 1.54) is 18.3 Å². The Bertz CT molecular complexity index is 1870. The fraction of sp³-hybridized carbons (Fsp3) is 0.355. The second-order valence-electron chi connectivity index (χ2n) is 11.4. The van der Waals surface area contributed by atoms with Gasteiger partial charge in [0.25, 0.3) is 11.5 Å². The summed E-state index contributed by atoms with van der Waals surface area (Å²) in [4.78, 5) is 49.9. The van der Waals surface area contributed by atoms with Crippen molar-refractivity contribution in [1.82, 2.24) is 24.8 Å². The van der Waals surface area contributed by atoms with Gasteiger partial charge in [-0.1, -0.05) is 11.6 Å². The fourth-order valence-corrected chi connectivity index (χ4v) is 5.66. The van der Waals surface area contributed by atoms with E-state index in [4.69, 9.17) is 26.2 Å². The molecular formula is C31H31ClF4N6O6. The number of amides is 1. The molecule has 0 saturated carbocycles. The van der Waals surface area contributed by atoms with Gasteiger partial charge in [-0.15, -0.1) is 0 Å². The van der Waals surface area contributed by atoms with Gasteiger partial charge in [0, 0.05) is 37.0 Å². The number of hydrogen-bond donors (Lipinski definition) is 5. The van der Waals surface area contributed by atoms with Gasteiger partial charge in [-0.3, -0.25) is 9.59 Å². The van der Waals surface area contributed by atoms with Crippen LogP contribution in [0.5, 0.6) is 5.75 Å². The first kappa shape index (κ1) is 34.7. The number of aromatic amines is 2. The average molecular weight is 695 g/mol. The number of likely N-dealkylation sites (tertiary alicyclic amines) is 1. The molecule has 0 unspecified atom stereocenters. The number of carbonyl (C=O) groups is 2. The van der Waals surface area contributed by atoms with Gasteiger partial charge in [-0.2, -0.15) is 13.2 Å². The Morgan fingerprint density at radius 3 is 2.58 bits per heavy atom. The van der Waals surface area contributed by atoms with Crippen LogP contribution in [0.25, 0.3) is 22.4 Å². The average Bonchev–Trinajstić information content (AvgIpc) is 3.59. The van der Waals surface area contributed by atoms with Crippen molar-refractivity contribution in [2.75, 3.05) is 38.6 Å². The molecule has 2 aliphatic heterocycles. The van der Waals surface area contributed by atoms with Crippen molar-refractivity contribution >= 4 is 40.2 Å². The van der Waals surface area contributed by atoms with E-state index in [9.17, 15) is 32.3 Å². The zero-order chi connectivity index (χ0) is 34.7. The smallest absolute Gasteiger partial charge is 0.489 e. The summed E-state index contributed by atoms with van der Waals surface area (Å²) in [6, 6.07) is 9.38. The number of ether oxygens (including phenoxy) is 1. The topological polar surface area (TPSA) is 164 Å². The first-order valence-corrected chi connectivity index (χ1v) is 15.1. The Hall–Kier alpha value is -4.67. The van der Waals surface area contributed by atoms with Gasteiger partial charge in [-0.25, -0.2) is 14.2 Å². The van der Waals surface area contributed by atoms with Crippen LogP contribution >= 0.6 is 11.6 Å². The van der Waals surface area contributed by atoms with E-state index < -0.39 is 24.1 Å². The zero-order valence-electron chi connectivity index (χ0n) is 25.4. The molecule has 0 bridgehead atoms. The number of hydrogen-bond acceptors (Lipinski definition) is 8. The standard InChI is InChI=1S/C29H30ClFN6O4.C2HF3O2/c1-36-8-5-18(6-9-36)37-14-16-10-23-24(12-20(16)29(37)40)35-27(34-23)26-22(4-7-32-28(26)39)33-13-19(38)15-41-25-11-17(31)2-3-21(25)30;3-2(4,5)1(6)7/h2-4,7,10-12,18-19,38H,5-6,8-9,13-15H2,1H3,(H,34,35)(H2,32,33,39);(H,6,7)/t19-;/m1./s1. The Kier molecular flexibility index (Phi) is 10.3. The predicted molar refractivity (Wildman–Crippen MR) is 168 cm³/mol. The molecule has 17 heteroatoms. The molecule has 256 valence electrons. The number of carbonyl (C=O) groups excluding carboxylic acids is 1. The van der Waals surface area contributed by atoms with Crippen molar-refractivity contribution < 1.29 is 42.1 Å². The summed E-state index contributed by atoms with van der Waals surface area (Å²) < 4.78 is 50.7. The summed E-state index contributed by atoms with van der Waals surface area (Å²) in [5.41, 5.74) is 3.26. The van der Waals surface area contributed by atoms with Crippen LogP contribution in [0.1, 0.15) is 28.8 Å². The number of halogens is 5. The molecule has 0 radical (unpaired) electrons. The number of aliphatic carboxylic acids is 1. The molecular weight excluding hydrogens is 664 g/mol. The van der Waals surface area contributed by atoms with Gasteiger partial charge < -0.3 is 40.0 Å². The predicted octanol–water partition coefficient (Wildman–Crippen LogP) is 4.25. The number of piperidine rings is 1. The molecule has 0 spiro atoms. The van der Waals surface area contributed by atoms with E-state index in [-0.39, 0.29) is 47.0 Å². The third-order valence-corrected chi connectivity index (χ3v) is 8.27. The molecule has 4 aromatic rings. The molecule has 6 rings (SSSR count). The first-order valence-electron chi connectivity index (χ1n) is 14.8. The number of aliphatic hydroxyl groups is 1. The van der Waals surface area contributed by atoms with Crippen molar-refractivity contribution in [3.8, 4) is 17.1 Å². The van der Waals surface area contributed by atoms with Crippen LogP contribution in [-0.2, 0) is 11.3 Å². The quantitative estimate of drug-likeness (QED) is 0.170. The summed E-state index contributed by atoms with van der Waals surface area (Å²) in [6.07, 6.45) is -2.65. The number of pyridine rings is 1. The molecule has 1 atom stereocenters. The lowest BCUT2D eigenvalue weighted by molar-refractivity contribution is -0.192. The molecule has 5 N–H and O–H groups in total. The highest BCUT2D eigenvalue weighted by Gasteiger charge is 2.38. The van der Waals surface area contributed by atoms with Gasteiger partial charge >= 0.3 is 12.1 Å². The molecule has 0 aliphatic carbocycles. The maximum atomic E-state index is 13.5. The second kappa shape index (κ2) is 14.2. The third-order valence-electron chi connectivity index (χ3n) is 7.96. The number of carboxylic acids is 1. The number of benzene rings is 2. The molecule has 48 heavy (non-hydrogen) atoms. The maximum absolute atomic E-state index is 13.5. The first-order chi connectivity index (χ1) is 22.7. The third kappa shape index (κ3) is 7.89. The molecule has 1 fully saturated rings. The van der Waals surface area contributed by atoms with Crippen LogP contribution in [-0.4, -0.2) is 98.5 Å². The van der Waals surface area contributed by atoms with Crippen molar-refractivity contribution in [2.24, 2.45) is 0 Å². The van der Waals surface area contributed by atoms with Crippen LogP contribution in [0.4, 0.5) is 23.2 Å². The summed E-state index contributed by atoms with van der Waals surface area (Å²) in [5.74, 6) is -2.76. The lowest BCUT2D eigenvalue weighted by Gasteiger charge is -2.34. The summed E-state index contributed by atoms with van der Waals surface area (Å²) in [6.45, 7) is 2.41. The van der Waals surface area contributed by atoms with E-state index in [1.54, 1.807) is 12.1 Å². The number of aliphatic hydroxyl groups excluding tert-OH is 1. The lowest BCUT2D eigenvalue weighted by atomic mass is 10.0. The number of carboxylic acid groups (broad SMARTS) is 1. The number of imidazole rings is 1. The van der Waals surface area contributed by atoms with E-state index in [1.807, 2.05) is 11.0 Å². The number of H-pyrrole nitrogens is 2. The van der Waals surface area contributed by atoms with Gasteiger partial charge in [0.2, 0.25) is 0 Å². The summed E-state index contributed by atoms with van der Waals surface area (Å²) in [7, 11) is 2.10. The molecule has 2 aliphatic rings. The van der Waals surface area contributed by atoms with Crippen molar-refractivity contribution in [3.05, 3.63) is 74.9 Å². The van der Waals surface area contributed by atoms with Crippen LogP contribution in [0, 0.1) is 5.82 Å². The van der Waals surface area contributed by atoms with Gasteiger partial charge in [0.1, 0.15) is 35.7 Å². The number of nitrogens with one attached hydrogen (secondary N) is 3. The van der Waals surface area contributed by atoms with E-state index in [0.717, 1.165) is 43.1 Å². The molecule has 2 aromatic heterocycles. The fourth-order valence-electron chi connectivity index (χ4n) is 5.48. The highest BCUT2D eigenvalue weighted by atomic mass is 35.5. The SMILES string of the molecule is CN1CCC(N2Cc3cc4[nH]c(-c5c(NC[C@@H](O)COc6cc(F)ccc6Cl)cc[nH]c5=O)nc4cc3C2=O)CC1.O=C(O)C(F)(F)F. The maximum Gasteiger partial charge on any atom is 0.490 e. The van der Waals surface area contributed by atoms with Crippen molar-refractivity contribution in [3.63, 3.8) is 0 Å². The zero-order valence-corrected chi connectivity index (χ0v) is 26.2. The Morgan fingerprint density at radius 2 is 1.90 bits per heavy atom. The number of nitrogens with zero attached hydrogens (tertiary/aromatic N) is 3. The van der Waals surface area contributed by atoms with Gasteiger partial charge in [0.05, 0.1) is 21.7 Å². The highest BCUT2D eigenvalue weighted by Crippen LogP contribution is 2.33. The minimum Gasteiger partial charge on any atom is -0.489 e. The molecule has 4 heterocycles. The highest BCUT2D eigenvalue weighted by molar-refractivity contribution is 6.32. The van der Waals surface area contributed by atoms with E-state index in [2.05, 4.69) is 32.2 Å². The van der Waals surface area contributed by atoms with Crippen molar-refractivity contribution in [2.45, 2.75) is 37.7 Å². The number of anilines is 1. The largest absolute Gasteiger partial charge is 0.490 e. The number of aromatic nitrogens is 3. The number of rotatable bonds is 8. The Balaban J connectivity index is 0.000000582. The lowest BCUT2D eigenvalue weighted by Crippen LogP contribution is -2.43. The normalized spacial score (nSPS) is 16.0. The minimum atomic E-state index is -5.08. The van der Waals surface area contributed by atoms with Gasteiger partial charge in [-0.05, 0) is 68.9 Å². The van der Waals surface area contributed by atoms with Crippen molar-refractivity contribution in [1.29, 1.82) is 0 Å². The summed E-state index contributed by atoms with van der Waals surface area (Å²) >= 11 is 6.02. The molecule has 1 saturated heterocycles. The molecule has 2 aromatic carbocycles. The Morgan fingerprint density at radius 1 is 1.19 bits per heavy atom. The van der Waals surface area contributed by atoms with Crippen LogP contribution in [0.3, 0.4) is 0 Å². The monoisotopic (exact) mass is 694 g/mol. The Labute approximate surface area is 275 Å². The van der Waals surface area contributed by atoms with E-state index in [0.29, 0.717) is 29.1 Å². The van der Waals surface area contributed by atoms with Crippen LogP contribution in [0.2, 0.25) is 5.02 Å². The number of fused-ring (bicyclic) bond motifs is 2. The number of alkyl halides is 3.